The third-order valence-electron chi connectivity index (χ3n) is 4.20. The number of aliphatic hydroxyl groups excluding tert-OH is 1. The summed E-state index contributed by atoms with van der Waals surface area (Å²) in [6, 6.07) is 3.91. The molecule has 0 saturated heterocycles. The Kier molecular flexibility index (Phi) is 5.54. The van der Waals surface area contributed by atoms with Crippen molar-refractivity contribution in [2.45, 2.75) is 31.6 Å². The van der Waals surface area contributed by atoms with Gasteiger partial charge in [-0.05, 0) is 59.7 Å². The van der Waals surface area contributed by atoms with Crippen molar-refractivity contribution in [2.75, 3.05) is 13.7 Å². The number of hydrogen-bond donors (Lipinski definition) is 1. The van der Waals surface area contributed by atoms with Crippen LogP contribution in [0.2, 0.25) is 0 Å². The van der Waals surface area contributed by atoms with E-state index in [1.54, 1.807) is 6.20 Å². The lowest BCUT2D eigenvalue weighted by Gasteiger charge is -2.31. The van der Waals surface area contributed by atoms with Crippen molar-refractivity contribution in [1.82, 2.24) is 4.98 Å². The zero-order valence-corrected chi connectivity index (χ0v) is 13.2. The van der Waals surface area contributed by atoms with Gasteiger partial charge in [0.05, 0.1) is 19.6 Å². The van der Waals surface area contributed by atoms with Crippen molar-refractivity contribution in [3.8, 4) is 0 Å². The molecule has 1 heterocycles. The van der Waals surface area contributed by atoms with Gasteiger partial charge in [0.2, 0.25) is 0 Å². The first kappa shape index (κ1) is 15.4. The second-order valence-electron chi connectivity index (χ2n) is 5.33. The van der Waals surface area contributed by atoms with Crippen molar-refractivity contribution in [2.24, 2.45) is 11.8 Å². The van der Waals surface area contributed by atoms with E-state index in [0.29, 0.717) is 5.92 Å². The first-order chi connectivity index (χ1) is 9.65. The average Bonchev–Trinajstić information content (AvgIpc) is 2.50. The van der Waals surface area contributed by atoms with Gasteiger partial charge in [-0.1, -0.05) is 0 Å². The minimum atomic E-state index is -0.106. The molecule has 1 aromatic rings. The van der Waals surface area contributed by atoms with E-state index < -0.39 is 0 Å². The molecule has 1 N–H and O–H groups in total. The molecule has 1 atom stereocenters. The number of hydrogen-bond acceptors (Lipinski definition) is 4. The fraction of sp³-hybridized carbons (Fsp3) is 0.600. The molecule has 20 heavy (non-hydrogen) atoms. The van der Waals surface area contributed by atoms with Gasteiger partial charge in [0.25, 0.3) is 0 Å². The molecule has 1 unspecified atom stereocenters. The zero-order valence-electron chi connectivity index (χ0n) is 11.6. The predicted octanol–water partition coefficient (Wildman–Crippen LogP) is 2.90. The van der Waals surface area contributed by atoms with Gasteiger partial charge in [0.15, 0.2) is 0 Å². The van der Waals surface area contributed by atoms with Crippen molar-refractivity contribution in [3.05, 3.63) is 28.5 Å². The number of pyridine rings is 1. The minimum Gasteiger partial charge on any atom is -0.469 e. The molecule has 1 aromatic heterocycles. The van der Waals surface area contributed by atoms with Crippen LogP contribution >= 0.6 is 15.9 Å². The number of carbonyl (C=O) groups excluding carboxylic acids is 1. The van der Waals surface area contributed by atoms with Crippen LogP contribution < -0.4 is 0 Å². The number of nitrogens with zero attached hydrogens (tertiary/aromatic N) is 1. The Hall–Kier alpha value is -0.940. The Morgan fingerprint density at radius 2 is 2.15 bits per heavy atom. The summed E-state index contributed by atoms with van der Waals surface area (Å²) in [4.78, 5) is 15.9. The molecule has 1 fully saturated rings. The highest BCUT2D eigenvalue weighted by atomic mass is 79.9. The van der Waals surface area contributed by atoms with Crippen molar-refractivity contribution < 1.29 is 14.6 Å². The second kappa shape index (κ2) is 7.18. The summed E-state index contributed by atoms with van der Waals surface area (Å²) in [5.74, 6) is 0.357. The third-order valence-corrected chi connectivity index (χ3v) is 4.67. The normalized spacial score (nSPS) is 24.1. The molecule has 1 aliphatic carbocycles. The maximum absolute atomic E-state index is 11.5. The first-order valence-electron chi connectivity index (χ1n) is 6.95. The van der Waals surface area contributed by atoms with Gasteiger partial charge in [0.1, 0.15) is 0 Å². The van der Waals surface area contributed by atoms with Gasteiger partial charge < -0.3 is 9.84 Å². The summed E-state index contributed by atoms with van der Waals surface area (Å²) in [7, 11) is 1.44. The number of aromatic nitrogens is 1. The van der Waals surface area contributed by atoms with Gasteiger partial charge in [-0.15, -0.1) is 0 Å². The molecule has 0 aromatic carbocycles. The number of ether oxygens (including phenoxy) is 1. The first-order valence-corrected chi connectivity index (χ1v) is 7.75. The van der Waals surface area contributed by atoms with E-state index in [4.69, 9.17) is 4.74 Å². The molecule has 0 radical (unpaired) electrons. The van der Waals surface area contributed by atoms with E-state index in [2.05, 4.69) is 20.9 Å². The Morgan fingerprint density at radius 3 is 2.65 bits per heavy atom. The molecule has 1 saturated carbocycles. The Morgan fingerprint density at radius 1 is 1.45 bits per heavy atom. The summed E-state index contributed by atoms with van der Waals surface area (Å²) >= 11 is 3.37. The molecule has 0 bridgehead atoms. The topological polar surface area (TPSA) is 59.4 Å². The fourth-order valence-electron chi connectivity index (χ4n) is 3.01. The number of rotatable bonds is 4. The lowest BCUT2D eigenvalue weighted by molar-refractivity contribution is -0.146. The number of methoxy groups -OCH3 is 1. The molecule has 0 spiro atoms. The third kappa shape index (κ3) is 3.58. The standard InChI is InChI=1S/C15H20BrNO3/c1-20-15(19)11-4-2-10(3-5-11)13(9-18)14-7-6-12(16)8-17-14/h6-8,10-11,13,18H,2-5,9H2,1H3. The van der Waals surface area contributed by atoms with E-state index in [-0.39, 0.29) is 24.4 Å². The van der Waals surface area contributed by atoms with Crippen LogP contribution in [0, 0.1) is 11.8 Å². The van der Waals surface area contributed by atoms with Crippen LogP contribution in [-0.4, -0.2) is 29.8 Å². The maximum atomic E-state index is 11.5. The van der Waals surface area contributed by atoms with Crippen molar-refractivity contribution >= 4 is 21.9 Å². The SMILES string of the molecule is COC(=O)C1CCC(C(CO)c2ccc(Br)cn2)CC1. The molecular formula is C15H20BrNO3. The molecule has 110 valence electrons. The van der Waals surface area contributed by atoms with Gasteiger partial charge in [0, 0.05) is 22.3 Å². The van der Waals surface area contributed by atoms with E-state index >= 15 is 0 Å². The highest BCUT2D eigenvalue weighted by molar-refractivity contribution is 9.10. The highest BCUT2D eigenvalue weighted by Gasteiger charge is 2.32. The van der Waals surface area contributed by atoms with Crippen LogP contribution in [0.1, 0.15) is 37.3 Å². The highest BCUT2D eigenvalue weighted by Crippen LogP contribution is 2.38. The number of halogens is 1. The molecular weight excluding hydrogens is 322 g/mol. The van der Waals surface area contributed by atoms with Gasteiger partial charge in [-0.25, -0.2) is 0 Å². The summed E-state index contributed by atoms with van der Waals surface area (Å²) in [5.41, 5.74) is 0.928. The van der Waals surface area contributed by atoms with Gasteiger partial charge in [-0.2, -0.15) is 0 Å². The number of carbonyl (C=O) groups is 1. The van der Waals surface area contributed by atoms with Crippen LogP contribution in [0.5, 0.6) is 0 Å². The maximum Gasteiger partial charge on any atom is 0.308 e. The van der Waals surface area contributed by atoms with Crippen LogP contribution in [0.25, 0.3) is 0 Å². The Balaban J connectivity index is 2.00. The van der Waals surface area contributed by atoms with E-state index in [0.717, 1.165) is 35.8 Å². The molecule has 4 nitrogen and oxygen atoms in total. The largest absolute Gasteiger partial charge is 0.469 e. The van der Waals surface area contributed by atoms with Crippen LogP contribution in [-0.2, 0) is 9.53 Å². The number of esters is 1. The zero-order chi connectivity index (χ0) is 14.5. The van der Waals surface area contributed by atoms with Gasteiger partial charge in [-0.3, -0.25) is 9.78 Å². The van der Waals surface area contributed by atoms with E-state index in [9.17, 15) is 9.90 Å². The quantitative estimate of drug-likeness (QED) is 0.855. The lowest BCUT2D eigenvalue weighted by Crippen LogP contribution is -2.27. The predicted molar refractivity (Wildman–Crippen MR) is 79.2 cm³/mol. The molecule has 2 rings (SSSR count). The Labute approximate surface area is 127 Å². The van der Waals surface area contributed by atoms with Crippen molar-refractivity contribution in [3.63, 3.8) is 0 Å². The van der Waals surface area contributed by atoms with Crippen LogP contribution in [0.15, 0.2) is 22.8 Å². The van der Waals surface area contributed by atoms with Crippen LogP contribution in [0.4, 0.5) is 0 Å². The lowest BCUT2D eigenvalue weighted by atomic mass is 9.75. The van der Waals surface area contributed by atoms with Gasteiger partial charge >= 0.3 is 5.97 Å². The minimum absolute atomic E-state index is 0.0217. The van der Waals surface area contributed by atoms with E-state index in [1.165, 1.54) is 7.11 Å². The summed E-state index contributed by atoms with van der Waals surface area (Å²) in [6.07, 6.45) is 5.30. The van der Waals surface area contributed by atoms with Crippen LogP contribution in [0.3, 0.4) is 0 Å². The molecule has 0 aliphatic heterocycles. The Bertz CT molecular complexity index is 441. The fourth-order valence-corrected chi connectivity index (χ4v) is 3.25. The molecule has 1 aliphatic rings. The van der Waals surface area contributed by atoms with E-state index in [1.807, 2.05) is 12.1 Å². The summed E-state index contributed by atoms with van der Waals surface area (Å²) in [6.45, 7) is 0.0994. The average molecular weight is 342 g/mol. The summed E-state index contributed by atoms with van der Waals surface area (Å²) < 4.78 is 5.74. The smallest absolute Gasteiger partial charge is 0.308 e. The summed E-state index contributed by atoms with van der Waals surface area (Å²) in [5, 5.41) is 9.68. The number of aliphatic hydroxyl groups is 1. The van der Waals surface area contributed by atoms with Crippen molar-refractivity contribution in [1.29, 1.82) is 0 Å². The molecule has 0 amide bonds. The monoisotopic (exact) mass is 341 g/mol. The second-order valence-corrected chi connectivity index (χ2v) is 6.24. The molecule has 5 heteroatoms.